The molecule has 36 heavy (non-hydrogen) atoms. The number of aliphatic imine (C=N–C) groups is 1. The Balaban J connectivity index is 1.20. The summed E-state index contributed by atoms with van der Waals surface area (Å²) in [5.74, 6) is 2.48. The molecule has 2 aliphatic rings. The highest BCUT2D eigenvalue weighted by Crippen LogP contribution is 2.39. The highest BCUT2D eigenvalue weighted by molar-refractivity contribution is 7.99. The van der Waals surface area contributed by atoms with E-state index < -0.39 is 0 Å². The number of nitrogens with zero attached hydrogens (tertiary/aromatic N) is 3. The van der Waals surface area contributed by atoms with Crippen molar-refractivity contribution in [3.05, 3.63) is 113 Å². The van der Waals surface area contributed by atoms with Crippen molar-refractivity contribution >= 4 is 34.9 Å². The lowest BCUT2D eigenvalue weighted by molar-refractivity contribution is 0.175. The molecule has 0 unspecified atom stereocenters. The van der Waals surface area contributed by atoms with Gasteiger partial charge in [-0.25, -0.2) is 4.99 Å². The van der Waals surface area contributed by atoms with E-state index in [0.29, 0.717) is 5.02 Å². The minimum atomic E-state index is 0.683. The highest BCUT2D eigenvalue weighted by atomic mass is 35.5. The van der Waals surface area contributed by atoms with Crippen LogP contribution in [-0.2, 0) is 6.54 Å². The van der Waals surface area contributed by atoms with Gasteiger partial charge in [0.05, 0.1) is 5.56 Å². The van der Waals surface area contributed by atoms with Crippen molar-refractivity contribution in [3.8, 4) is 11.5 Å². The summed E-state index contributed by atoms with van der Waals surface area (Å²) in [7, 11) is 0. The number of hydrogen-bond acceptors (Lipinski definition) is 5. The third kappa shape index (κ3) is 5.00. The lowest BCUT2D eigenvalue weighted by Gasteiger charge is -2.36. The fraction of sp³-hybridized carbons (Fsp3) is 0.167. The van der Waals surface area contributed by atoms with Crippen LogP contribution in [0.5, 0.6) is 11.5 Å². The summed E-state index contributed by atoms with van der Waals surface area (Å²) in [4.78, 5) is 12.5. The van der Waals surface area contributed by atoms with Crippen LogP contribution in [0, 0.1) is 0 Å². The predicted octanol–water partition coefficient (Wildman–Crippen LogP) is 7.49. The van der Waals surface area contributed by atoms with E-state index in [1.165, 1.54) is 15.4 Å². The normalized spacial score (nSPS) is 15.4. The Labute approximate surface area is 221 Å². The number of ether oxygens (including phenoxy) is 1. The molecule has 4 aromatic carbocycles. The van der Waals surface area contributed by atoms with E-state index in [1.54, 1.807) is 0 Å². The number of hydrogen-bond donors (Lipinski definition) is 0. The van der Waals surface area contributed by atoms with Gasteiger partial charge in [0, 0.05) is 47.5 Å². The van der Waals surface area contributed by atoms with Crippen molar-refractivity contribution in [2.75, 3.05) is 26.2 Å². The minimum Gasteiger partial charge on any atom is -0.454 e. The molecule has 0 aliphatic carbocycles. The topological polar surface area (TPSA) is 28.1 Å². The zero-order chi connectivity index (χ0) is 24.3. The third-order valence-corrected chi connectivity index (χ3v) is 7.86. The van der Waals surface area contributed by atoms with Crippen LogP contribution in [-0.4, -0.2) is 41.8 Å². The van der Waals surface area contributed by atoms with E-state index in [9.17, 15) is 0 Å². The SMILES string of the molecule is Clc1ccc2c(c1)C(N1CCN(Cc3ccccc3Sc3ccccc3)CC1)=Nc1ccccc1O2. The highest BCUT2D eigenvalue weighted by Gasteiger charge is 2.26. The Hall–Kier alpha value is -3.25. The fourth-order valence-corrected chi connectivity index (χ4v) is 5.77. The van der Waals surface area contributed by atoms with E-state index in [4.69, 9.17) is 21.3 Å². The molecule has 4 aromatic rings. The first-order chi connectivity index (χ1) is 17.7. The number of para-hydroxylation sites is 2. The van der Waals surface area contributed by atoms with Crippen molar-refractivity contribution in [2.45, 2.75) is 16.3 Å². The molecule has 0 atom stereocenters. The number of fused-ring (bicyclic) bond motifs is 2. The molecule has 0 saturated carbocycles. The van der Waals surface area contributed by atoms with Crippen LogP contribution < -0.4 is 4.74 Å². The Morgan fingerprint density at radius 3 is 2.39 bits per heavy atom. The summed E-state index contributed by atoms with van der Waals surface area (Å²) >= 11 is 8.23. The van der Waals surface area contributed by atoms with E-state index in [0.717, 1.165) is 61.3 Å². The van der Waals surface area contributed by atoms with Crippen molar-refractivity contribution in [1.82, 2.24) is 9.80 Å². The van der Waals surface area contributed by atoms with Gasteiger partial charge in [0.2, 0.25) is 0 Å². The van der Waals surface area contributed by atoms with E-state index in [2.05, 4.69) is 64.4 Å². The maximum Gasteiger partial charge on any atom is 0.153 e. The fourth-order valence-electron chi connectivity index (χ4n) is 4.64. The summed E-state index contributed by atoms with van der Waals surface area (Å²) < 4.78 is 6.23. The van der Waals surface area contributed by atoms with Gasteiger partial charge in [-0.1, -0.05) is 71.9 Å². The molecule has 0 spiro atoms. The molecule has 6 rings (SSSR count). The summed E-state index contributed by atoms with van der Waals surface area (Å²) in [5, 5.41) is 0.683. The van der Waals surface area contributed by atoms with Gasteiger partial charge in [-0.3, -0.25) is 4.90 Å². The molecule has 6 heteroatoms. The van der Waals surface area contributed by atoms with Crippen LogP contribution in [0.3, 0.4) is 0 Å². The summed E-state index contributed by atoms with van der Waals surface area (Å²) in [6.07, 6.45) is 0. The summed E-state index contributed by atoms with van der Waals surface area (Å²) in [5.41, 5.74) is 3.15. The lowest BCUT2D eigenvalue weighted by Crippen LogP contribution is -2.48. The monoisotopic (exact) mass is 511 g/mol. The van der Waals surface area contributed by atoms with Crippen LogP contribution in [0.2, 0.25) is 5.02 Å². The quantitative estimate of drug-likeness (QED) is 0.283. The van der Waals surface area contributed by atoms with Crippen molar-refractivity contribution in [1.29, 1.82) is 0 Å². The van der Waals surface area contributed by atoms with Crippen LogP contribution in [0.4, 0.5) is 5.69 Å². The summed E-state index contributed by atoms with van der Waals surface area (Å²) in [6.45, 7) is 4.64. The number of halogens is 1. The van der Waals surface area contributed by atoms with Gasteiger partial charge >= 0.3 is 0 Å². The molecular weight excluding hydrogens is 486 g/mol. The second kappa shape index (κ2) is 10.4. The molecule has 1 fully saturated rings. The molecule has 4 nitrogen and oxygen atoms in total. The Morgan fingerprint density at radius 2 is 1.53 bits per heavy atom. The minimum absolute atomic E-state index is 0.683. The van der Waals surface area contributed by atoms with Crippen molar-refractivity contribution < 1.29 is 4.74 Å². The van der Waals surface area contributed by atoms with Gasteiger partial charge in [-0.15, -0.1) is 0 Å². The zero-order valence-corrected chi connectivity index (χ0v) is 21.4. The molecule has 0 amide bonds. The second-order valence-electron chi connectivity index (χ2n) is 8.93. The molecule has 1 saturated heterocycles. The molecule has 2 heterocycles. The molecule has 0 N–H and O–H groups in total. The van der Waals surface area contributed by atoms with Crippen molar-refractivity contribution in [2.24, 2.45) is 4.99 Å². The predicted molar refractivity (Wildman–Crippen MR) is 148 cm³/mol. The summed E-state index contributed by atoms with van der Waals surface area (Å²) in [6, 6.07) is 33.0. The first kappa shape index (κ1) is 23.2. The molecule has 2 aliphatic heterocycles. The molecule has 0 aromatic heterocycles. The maximum absolute atomic E-state index is 6.39. The standard InChI is InChI=1S/C30H26ClN3OS/c31-23-14-15-27-25(20-23)30(32-26-11-5-6-12-28(26)35-27)34-18-16-33(17-19-34)21-22-8-4-7-13-29(22)36-24-9-2-1-3-10-24/h1-15,20H,16-19,21H2. The van der Waals surface area contributed by atoms with Gasteiger partial charge in [-0.05, 0) is 54.1 Å². The van der Waals surface area contributed by atoms with Gasteiger partial charge in [0.15, 0.2) is 5.75 Å². The Morgan fingerprint density at radius 1 is 0.778 bits per heavy atom. The number of benzene rings is 4. The van der Waals surface area contributed by atoms with Crippen molar-refractivity contribution in [3.63, 3.8) is 0 Å². The van der Waals surface area contributed by atoms with Gasteiger partial charge in [-0.2, -0.15) is 0 Å². The smallest absolute Gasteiger partial charge is 0.153 e. The lowest BCUT2D eigenvalue weighted by atomic mass is 10.1. The molecular formula is C30H26ClN3OS. The molecule has 0 bridgehead atoms. The first-order valence-corrected chi connectivity index (χ1v) is 13.4. The number of piperazine rings is 1. The van der Waals surface area contributed by atoms with E-state index in [1.807, 2.05) is 54.2 Å². The van der Waals surface area contributed by atoms with E-state index >= 15 is 0 Å². The average molecular weight is 512 g/mol. The van der Waals surface area contributed by atoms with Gasteiger partial charge in [0.25, 0.3) is 0 Å². The second-order valence-corrected chi connectivity index (χ2v) is 10.5. The first-order valence-electron chi connectivity index (χ1n) is 12.2. The van der Waals surface area contributed by atoms with Crippen LogP contribution in [0.25, 0.3) is 0 Å². The van der Waals surface area contributed by atoms with Gasteiger partial charge in [0.1, 0.15) is 17.3 Å². The maximum atomic E-state index is 6.39. The van der Waals surface area contributed by atoms with E-state index in [-0.39, 0.29) is 0 Å². The Bertz CT molecular complexity index is 1400. The number of rotatable bonds is 4. The largest absolute Gasteiger partial charge is 0.454 e. The van der Waals surface area contributed by atoms with Crippen LogP contribution in [0.1, 0.15) is 11.1 Å². The van der Waals surface area contributed by atoms with Crippen LogP contribution >= 0.6 is 23.4 Å². The molecule has 180 valence electrons. The van der Waals surface area contributed by atoms with Crippen LogP contribution in [0.15, 0.2) is 112 Å². The Kier molecular flexibility index (Phi) is 6.69. The van der Waals surface area contributed by atoms with Gasteiger partial charge < -0.3 is 9.64 Å². The zero-order valence-electron chi connectivity index (χ0n) is 19.8. The average Bonchev–Trinajstić information content (AvgIpc) is 3.07. The molecule has 0 radical (unpaired) electrons. The third-order valence-electron chi connectivity index (χ3n) is 6.50. The number of amidine groups is 1.